The van der Waals surface area contributed by atoms with Gasteiger partial charge in [-0.25, -0.2) is 0 Å². The maximum Gasteiger partial charge on any atom is 0.0556 e. The summed E-state index contributed by atoms with van der Waals surface area (Å²) in [5, 5.41) is 25.1. The van der Waals surface area contributed by atoms with Gasteiger partial charge in [-0.15, -0.1) is 0 Å². The maximum absolute atomic E-state index is 8.91. The third-order valence-corrected chi connectivity index (χ3v) is 9.30. The van der Waals surface area contributed by atoms with Crippen LogP contribution >= 0.6 is 0 Å². The minimum absolute atomic E-state index is 0.293. The summed E-state index contributed by atoms with van der Waals surface area (Å²) in [6.07, 6.45) is 17.3. The van der Waals surface area contributed by atoms with Crippen LogP contribution in [0.2, 0.25) is 0 Å². The van der Waals surface area contributed by atoms with Crippen LogP contribution < -0.4 is 10.6 Å². The lowest BCUT2D eigenvalue weighted by Crippen LogP contribution is -2.58. The Morgan fingerprint density at radius 3 is 0.964 bits per heavy atom. The molecule has 0 radical (unpaired) electrons. The number of hydrogen-bond acceptors (Lipinski definition) is 4. The zero-order valence-electron chi connectivity index (χ0n) is 17.7. The van der Waals surface area contributed by atoms with Crippen molar-refractivity contribution in [2.24, 2.45) is 35.5 Å². The first kappa shape index (κ1) is 19.8. The predicted molar refractivity (Wildman–Crippen MR) is 112 cm³/mol. The first-order chi connectivity index (χ1) is 13.6. The topological polar surface area (TPSA) is 64.5 Å². The zero-order chi connectivity index (χ0) is 19.2. The fourth-order valence-corrected chi connectivity index (χ4v) is 9.30. The van der Waals surface area contributed by atoms with E-state index in [1.54, 1.807) is 0 Å². The van der Waals surface area contributed by atoms with Crippen molar-refractivity contribution in [2.45, 2.75) is 88.1 Å². The van der Waals surface area contributed by atoms with Crippen molar-refractivity contribution in [3.8, 4) is 0 Å². The summed E-state index contributed by atoms with van der Waals surface area (Å²) in [5.41, 5.74) is 0.884. The average molecular weight is 391 g/mol. The highest BCUT2D eigenvalue weighted by molar-refractivity contribution is 5.07. The average Bonchev–Trinajstić information content (AvgIpc) is 2.63. The van der Waals surface area contributed by atoms with Crippen molar-refractivity contribution in [1.29, 1.82) is 0 Å². The zero-order valence-corrected chi connectivity index (χ0v) is 17.7. The summed E-state index contributed by atoms with van der Waals surface area (Å²) in [6.45, 7) is 2.18. The van der Waals surface area contributed by atoms with E-state index in [1.807, 2.05) is 0 Å². The standard InChI is InChI=1S/2C12H21NO/c2*14-2-1-13-12-6-9-3-10(7-12)5-11(4-9)8-12/h2*9-11,13-14H,1-8H2. The van der Waals surface area contributed by atoms with Gasteiger partial charge >= 0.3 is 0 Å². The van der Waals surface area contributed by atoms with Crippen LogP contribution in [0.5, 0.6) is 0 Å². The van der Waals surface area contributed by atoms with Gasteiger partial charge in [0.2, 0.25) is 0 Å². The molecule has 0 saturated heterocycles. The molecule has 0 aliphatic heterocycles. The first-order valence-corrected chi connectivity index (χ1v) is 12.3. The third-order valence-electron chi connectivity index (χ3n) is 9.30. The maximum atomic E-state index is 8.91. The van der Waals surface area contributed by atoms with Crippen molar-refractivity contribution < 1.29 is 10.2 Å². The van der Waals surface area contributed by atoms with E-state index in [2.05, 4.69) is 10.6 Å². The van der Waals surface area contributed by atoms with E-state index < -0.39 is 0 Å². The van der Waals surface area contributed by atoms with Crippen LogP contribution in [0.25, 0.3) is 0 Å². The molecule has 0 amide bonds. The number of β-amino-alcohol motifs (C(OH)–C–C–N with tert-alkyl or cyclic N) is 2. The normalized spacial score (nSPS) is 49.9. The summed E-state index contributed by atoms with van der Waals surface area (Å²) >= 11 is 0. The molecule has 0 unspecified atom stereocenters. The first-order valence-electron chi connectivity index (χ1n) is 12.3. The summed E-state index contributed by atoms with van der Waals surface area (Å²) in [6, 6.07) is 0. The number of hydrogen-bond donors (Lipinski definition) is 4. The molecule has 8 fully saturated rings. The molecule has 4 N–H and O–H groups in total. The lowest BCUT2D eigenvalue weighted by Gasteiger charge is -2.57. The minimum atomic E-state index is 0.293. The minimum Gasteiger partial charge on any atom is -0.395 e. The Balaban J connectivity index is 0.000000122. The van der Waals surface area contributed by atoms with Crippen molar-refractivity contribution >= 4 is 0 Å². The lowest BCUT2D eigenvalue weighted by atomic mass is 9.53. The van der Waals surface area contributed by atoms with Crippen LogP contribution in [-0.4, -0.2) is 47.6 Å². The number of rotatable bonds is 6. The number of aliphatic hydroxyl groups is 2. The lowest BCUT2D eigenvalue weighted by molar-refractivity contribution is -0.0212. The monoisotopic (exact) mass is 390 g/mol. The second-order valence-corrected chi connectivity index (χ2v) is 11.7. The molecule has 8 aliphatic carbocycles. The Hall–Kier alpha value is -0.160. The summed E-state index contributed by atoms with van der Waals surface area (Å²) in [5.74, 6) is 6.04. The van der Waals surface area contributed by atoms with E-state index in [4.69, 9.17) is 10.2 Å². The largest absolute Gasteiger partial charge is 0.395 e. The Morgan fingerprint density at radius 1 is 0.500 bits per heavy atom. The van der Waals surface area contributed by atoms with E-state index >= 15 is 0 Å². The summed E-state index contributed by atoms with van der Waals surface area (Å²) < 4.78 is 0. The molecule has 8 rings (SSSR count). The van der Waals surface area contributed by atoms with E-state index in [0.717, 1.165) is 48.6 Å². The van der Waals surface area contributed by atoms with Gasteiger partial charge in [-0.05, 0) is 113 Å². The van der Waals surface area contributed by atoms with Crippen molar-refractivity contribution in [3.05, 3.63) is 0 Å². The molecule has 0 aromatic heterocycles. The molecule has 8 saturated carbocycles. The molecule has 8 aliphatic rings. The Kier molecular flexibility index (Phi) is 5.53. The fraction of sp³-hybridized carbons (Fsp3) is 1.00. The molecule has 4 nitrogen and oxygen atoms in total. The fourth-order valence-electron chi connectivity index (χ4n) is 9.30. The molecular formula is C24H42N2O2. The van der Waals surface area contributed by atoms with E-state index in [1.165, 1.54) is 77.0 Å². The summed E-state index contributed by atoms with van der Waals surface area (Å²) in [4.78, 5) is 0. The quantitative estimate of drug-likeness (QED) is 0.563. The van der Waals surface area contributed by atoms with E-state index in [0.29, 0.717) is 24.3 Å². The van der Waals surface area contributed by atoms with Crippen LogP contribution in [0.1, 0.15) is 77.0 Å². The van der Waals surface area contributed by atoms with Gasteiger partial charge in [0.25, 0.3) is 0 Å². The van der Waals surface area contributed by atoms with Gasteiger partial charge < -0.3 is 20.8 Å². The van der Waals surface area contributed by atoms with Crippen molar-refractivity contribution in [3.63, 3.8) is 0 Å². The molecule has 0 atom stereocenters. The van der Waals surface area contributed by atoms with Gasteiger partial charge in [0.1, 0.15) is 0 Å². The summed E-state index contributed by atoms with van der Waals surface area (Å²) in [7, 11) is 0. The SMILES string of the molecule is OCCNC12CC3CC(CC(C3)C1)C2.OCCNC12CC3CC(CC(C3)C1)C2. The Morgan fingerprint density at radius 2 is 0.750 bits per heavy atom. The predicted octanol–water partition coefficient (Wildman–Crippen LogP) is 3.07. The Bertz CT molecular complexity index is 430. The number of nitrogens with one attached hydrogen (secondary N) is 2. The molecular weight excluding hydrogens is 348 g/mol. The van der Waals surface area contributed by atoms with E-state index in [-0.39, 0.29) is 0 Å². The van der Waals surface area contributed by atoms with Crippen molar-refractivity contribution in [2.75, 3.05) is 26.3 Å². The van der Waals surface area contributed by atoms with E-state index in [9.17, 15) is 0 Å². The van der Waals surface area contributed by atoms with Gasteiger partial charge in [0.05, 0.1) is 13.2 Å². The van der Waals surface area contributed by atoms with Crippen LogP contribution in [0.15, 0.2) is 0 Å². The van der Waals surface area contributed by atoms with Crippen LogP contribution in [0.4, 0.5) is 0 Å². The molecule has 0 heterocycles. The highest BCUT2D eigenvalue weighted by atomic mass is 16.3. The molecule has 160 valence electrons. The third kappa shape index (κ3) is 3.91. The number of aliphatic hydroxyl groups excluding tert-OH is 2. The highest BCUT2D eigenvalue weighted by Crippen LogP contribution is 2.56. The molecule has 0 aromatic rings. The van der Waals surface area contributed by atoms with Crippen LogP contribution in [0, 0.1) is 35.5 Å². The smallest absolute Gasteiger partial charge is 0.0556 e. The van der Waals surface area contributed by atoms with Crippen LogP contribution in [0.3, 0.4) is 0 Å². The Labute approximate surface area is 171 Å². The highest BCUT2D eigenvalue weighted by Gasteiger charge is 2.51. The van der Waals surface area contributed by atoms with Gasteiger partial charge in [0.15, 0.2) is 0 Å². The van der Waals surface area contributed by atoms with Crippen LogP contribution in [-0.2, 0) is 0 Å². The molecule has 0 aromatic carbocycles. The molecule has 8 bridgehead atoms. The molecule has 0 spiro atoms. The second kappa shape index (κ2) is 7.83. The molecule has 4 heteroatoms. The van der Waals surface area contributed by atoms with Crippen molar-refractivity contribution in [1.82, 2.24) is 10.6 Å². The van der Waals surface area contributed by atoms with Gasteiger partial charge in [-0.1, -0.05) is 0 Å². The second-order valence-electron chi connectivity index (χ2n) is 11.7. The van der Waals surface area contributed by atoms with Gasteiger partial charge in [-0.3, -0.25) is 0 Å². The van der Waals surface area contributed by atoms with Gasteiger partial charge in [0, 0.05) is 24.2 Å². The van der Waals surface area contributed by atoms with Gasteiger partial charge in [-0.2, -0.15) is 0 Å². The molecule has 28 heavy (non-hydrogen) atoms.